The Labute approximate surface area is 193 Å². The molecule has 3 aromatic rings. The molecule has 1 aliphatic rings. The van der Waals surface area contributed by atoms with Crippen LogP contribution in [0.2, 0.25) is 0 Å². The zero-order valence-electron chi connectivity index (χ0n) is 19.3. The van der Waals surface area contributed by atoms with Gasteiger partial charge in [0.15, 0.2) is 0 Å². The lowest BCUT2D eigenvalue weighted by Gasteiger charge is -2.38. The van der Waals surface area contributed by atoms with Gasteiger partial charge in [-0.2, -0.15) is 0 Å². The molecule has 4 rings (SSSR count). The van der Waals surface area contributed by atoms with Crippen LogP contribution in [0.25, 0.3) is 6.08 Å². The molecule has 6 heteroatoms. The fourth-order valence-electron chi connectivity index (χ4n) is 4.01. The van der Waals surface area contributed by atoms with Gasteiger partial charge in [-0.05, 0) is 63.1 Å². The maximum Gasteiger partial charge on any atom is 0.268 e. The molecule has 1 aromatic heterocycles. The Morgan fingerprint density at radius 1 is 1.06 bits per heavy atom. The van der Waals surface area contributed by atoms with Crippen molar-refractivity contribution in [3.8, 4) is 5.75 Å². The monoisotopic (exact) mass is 444 g/mol. The zero-order valence-corrected chi connectivity index (χ0v) is 19.3. The molecule has 0 aliphatic carbocycles. The first-order valence-electron chi connectivity index (χ1n) is 10.9. The van der Waals surface area contributed by atoms with E-state index in [-0.39, 0.29) is 17.6 Å². The van der Waals surface area contributed by atoms with Gasteiger partial charge in [-0.1, -0.05) is 30.3 Å². The van der Waals surface area contributed by atoms with Crippen LogP contribution in [-0.2, 0) is 4.79 Å². The van der Waals surface area contributed by atoms with E-state index in [0.717, 1.165) is 22.4 Å². The van der Waals surface area contributed by atoms with Gasteiger partial charge in [-0.3, -0.25) is 9.59 Å². The van der Waals surface area contributed by atoms with Crippen LogP contribution in [0.5, 0.6) is 5.75 Å². The van der Waals surface area contributed by atoms with E-state index in [9.17, 15) is 9.59 Å². The first-order valence-corrected chi connectivity index (χ1v) is 10.9. The third-order valence-corrected chi connectivity index (χ3v) is 5.64. The Hall–Kier alpha value is -3.80. The first kappa shape index (κ1) is 22.4. The predicted molar refractivity (Wildman–Crippen MR) is 127 cm³/mol. The van der Waals surface area contributed by atoms with Crippen molar-refractivity contribution in [2.75, 3.05) is 0 Å². The average Bonchev–Trinajstić information content (AvgIpc) is 3.25. The van der Waals surface area contributed by atoms with E-state index in [2.05, 4.69) is 10.6 Å². The summed E-state index contributed by atoms with van der Waals surface area (Å²) in [5.74, 6) is 0.470. The molecule has 0 bridgehead atoms. The molecule has 6 nitrogen and oxygen atoms in total. The second-order valence-electron chi connectivity index (χ2n) is 8.98. The summed E-state index contributed by atoms with van der Waals surface area (Å²) in [6.45, 7) is 7.85. The number of ether oxygens (including phenoxy) is 1. The van der Waals surface area contributed by atoms with Crippen LogP contribution in [-0.4, -0.2) is 17.4 Å². The number of amides is 2. The number of hydrogen-bond donors (Lipinski definition) is 2. The quantitative estimate of drug-likeness (QED) is 0.538. The normalized spacial score (nSPS) is 17.0. The minimum Gasteiger partial charge on any atom is -0.487 e. The lowest BCUT2D eigenvalue weighted by Crippen LogP contribution is -2.43. The summed E-state index contributed by atoms with van der Waals surface area (Å²) < 4.78 is 11.5. The molecule has 2 aromatic carbocycles. The molecule has 1 atom stereocenters. The number of benzene rings is 2. The Bertz CT molecular complexity index is 1210. The highest BCUT2D eigenvalue weighted by Gasteiger charge is 2.35. The molecule has 170 valence electrons. The van der Waals surface area contributed by atoms with E-state index in [0.29, 0.717) is 17.7 Å². The summed E-state index contributed by atoms with van der Waals surface area (Å²) in [4.78, 5) is 26.4. The summed E-state index contributed by atoms with van der Waals surface area (Å²) in [5.41, 5.74) is 2.98. The van der Waals surface area contributed by atoms with E-state index in [1.807, 2.05) is 58.0 Å². The molecule has 0 fully saturated rings. The van der Waals surface area contributed by atoms with Gasteiger partial charge in [0.05, 0.1) is 12.3 Å². The molecule has 0 spiro atoms. The van der Waals surface area contributed by atoms with Crippen LogP contribution in [0, 0.1) is 13.8 Å². The summed E-state index contributed by atoms with van der Waals surface area (Å²) in [6, 6.07) is 16.4. The average molecular weight is 445 g/mol. The minimum atomic E-state index is -0.450. The molecular formula is C27H28N2O4. The Morgan fingerprint density at radius 2 is 1.85 bits per heavy atom. The van der Waals surface area contributed by atoms with Crippen molar-refractivity contribution in [2.45, 2.75) is 45.8 Å². The van der Waals surface area contributed by atoms with Crippen molar-refractivity contribution in [1.82, 2.24) is 10.6 Å². The molecule has 1 aliphatic heterocycles. The van der Waals surface area contributed by atoms with E-state index in [1.54, 1.807) is 24.3 Å². The molecule has 0 unspecified atom stereocenters. The van der Waals surface area contributed by atoms with Gasteiger partial charge in [-0.15, -0.1) is 0 Å². The van der Waals surface area contributed by atoms with Crippen molar-refractivity contribution >= 4 is 17.9 Å². The summed E-state index contributed by atoms with van der Waals surface area (Å²) >= 11 is 0. The number of aryl methyl sites for hydroxylation is 2. The predicted octanol–water partition coefficient (Wildman–Crippen LogP) is 5.09. The van der Waals surface area contributed by atoms with E-state index in [4.69, 9.17) is 9.15 Å². The minimum absolute atomic E-state index is 0.108. The number of nitrogens with one attached hydrogen (secondary N) is 2. The zero-order chi connectivity index (χ0) is 23.6. The standard InChI is InChI=1S/C27H28N2O4/c1-17-11-12-21-23(16-27(3,4)33-24(21)14-17)29-26(31)22(15-19-9-7-13-32-19)28-25(30)20-10-6-5-8-18(20)2/h5-15,23H,16H2,1-4H3,(H,28,30)(H,29,31)/b22-15-/t23-/m0/s1. The molecule has 33 heavy (non-hydrogen) atoms. The number of fused-ring (bicyclic) bond motifs is 1. The number of carbonyl (C=O) groups excluding carboxylic acids is 2. The van der Waals surface area contributed by atoms with Gasteiger partial charge in [-0.25, -0.2) is 0 Å². The highest BCUT2D eigenvalue weighted by molar-refractivity contribution is 6.05. The van der Waals surface area contributed by atoms with E-state index in [1.165, 1.54) is 12.3 Å². The third kappa shape index (κ3) is 5.17. The molecule has 2 N–H and O–H groups in total. The Balaban J connectivity index is 1.62. The second-order valence-corrected chi connectivity index (χ2v) is 8.98. The molecule has 2 heterocycles. The van der Waals surface area contributed by atoms with Gasteiger partial charge in [0, 0.05) is 23.6 Å². The van der Waals surface area contributed by atoms with Crippen LogP contribution in [0.15, 0.2) is 71.0 Å². The first-order chi connectivity index (χ1) is 15.7. The lowest BCUT2D eigenvalue weighted by molar-refractivity contribution is -0.119. The fourth-order valence-corrected chi connectivity index (χ4v) is 4.01. The molecule has 0 saturated carbocycles. The number of rotatable bonds is 5. The highest BCUT2D eigenvalue weighted by Crippen LogP contribution is 2.40. The Morgan fingerprint density at radius 3 is 2.58 bits per heavy atom. The smallest absolute Gasteiger partial charge is 0.268 e. The fraction of sp³-hybridized carbons (Fsp3) is 0.259. The summed E-state index contributed by atoms with van der Waals surface area (Å²) in [7, 11) is 0. The van der Waals surface area contributed by atoms with Gasteiger partial charge in [0.1, 0.15) is 22.8 Å². The number of carbonyl (C=O) groups is 2. The largest absolute Gasteiger partial charge is 0.487 e. The van der Waals surface area contributed by atoms with Crippen LogP contribution in [0.3, 0.4) is 0 Å². The Kier molecular flexibility index (Phi) is 6.09. The molecule has 2 amide bonds. The molecular weight excluding hydrogens is 416 g/mol. The maximum absolute atomic E-state index is 13.4. The van der Waals surface area contributed by atoms with Crippen molar-refractivity contribution in [3.63, 3.8) is 0 Å². The van der Waals surface area contributed by atoms with Crippen LogP contribution in [0.1, 0.15) is 59.1 Å². The SMILES string of the molecule is Cc1ccc2c(c1)OC(C)(C)C[C@@H]2NC(=O)/C(=C/c1ccco1)NC(=O)c1ccccc1C. The van der Waals surface area contributed by atoms with Gasteiger partial charge in [0.2, 0.25) is 0 Å². The summed E-state index contributed by atoms with van der Waals surface area (Å²) in [6.07, 6.45) is 3.64. The van der Waals surface area contributed by atoms with Crippen molar-refractivity contribution in [1.29, 1.82) is 0 Å². The molecule has 0 saturated heterocycles. The van der Waals surface area contributed by atoms with E-state index >= 15 is 0 Å². The summed E-state index contributed by atoms with van der Waals surface area (Å²) in [5, 5.41) is 5.86. The number of hydrogen-bond acceptors (Lipinski definition) is 4. The van der Waals surface area contributed by atoms with Crippen LogP contribution >= 0.6 is 0 Å². The van der Waals surface area contributed by atoms with Gasteiger partial charge >= 0.3 is 0 Å². The van der Waals surface area contributed by atoms with Crippen molar-refractivity contribution in [2.24, 2.45) is 0 Å². The molecule has 0 radical (unpaired) electrons. The van der Waals surface area contributed by atoms with E-state index < -0.39 is 11.5 Å². The van der Waals surface area contributed by atoms with Crippen LogP contribution < -0.4 is 15.4 Å². The second kappa shape index (κ2) is 8.98. The van der Waals surface area contributed by atoms with Crippen molar-refractivity contribution < 1.29 is 18.7 Å². The van der Waals surface area contributed by atoms with Crippen LogP contribution in [0.4, 0.5) is 0 Å². The highest BCUT2D eigenvalue weighted by atomic mass is 16.5. The third-order valence-electron chi connectivity index (χ3n) is 5.64. The van der Waals surface area contributed by atoms with Crippen molar-refractivity contribution in [3.05, 3.63) is 94.6 Å². The van der Waals surface area contributed by atoms with Gasteiger partial charge in [0.25, 0.3) is 11.8 Å². The maximum atomic E-state index is 13.4. The number of furan rings is 1. The van der Waals surface area contributed by atoms with Gasteiger partial charge < -0.3 is 19.8 Å². The lowest BCUT2D eigenvalue weighted by atomic mass is 9.89. The topological polar surface area (TPSA) is 80.6 Å².